The van der Waals surface area contributed by atoms with Crippen molar-refractivity contribution in [3.63, 3.8) is 0 Å². The summed E-state index contributed by atoms with van der Waals surface area (Å²) in [5.41, 5.74) is 7.01. The van der Waals surface area contributed by atoms with Gasteiger partial charge >= 0.3 is 5.97 Å². The van der Waals surface area contributed by atoms with E-state index >= 15 is 0 Å². The van der Waals surface area contributed by atoms with E-state index in [1.54, 1.807) is 6.92 Å². The summed E-state index contributed by atoms with van der Waals surface area (Å²) >= 11 is 0. The van der Waals surface area contributed by atoms with Crippen LogP contribution in [0.4, 0.5) is 0 Å². The summed E-state index contributed by atoms with van der Waals surface area (Å²) in [6, 6.07) is 6.04. The van der Waals surface area contributed by atoms with Crippen LogP contribution >= 0.6 is 0 Å². The van der Waals surface area contributed by atoms with Crippen molar-refractivity contribution < 1.29 is 14.6 Å². The Labute approximate surface area is 107 Å². The summed E-state index contributed by atoms with van der Waals surface area (Å²) in [5, 5.41) is 9.22. The minimum Gasteiger partial charge on any atom is -0.490 e. The van der Waals surface area contributed by atoms with Crippen molar-refractivity contribution in [1.82, 2.24) is 0 Å². The third kappa shape index (κ3) is 2.34. The maximum atomic E-state index is 11.2. The van der Waals surface area contributed by atoms with E-state index in [0.29, 0.717) is 6.42 Å². The number of carbonyl (C=O) groups is 1. The molecule has 98 valence electrons. The van der Waals surface area contributed by atoms with Crippen LogP contribution in [-0.4, -0.2) is 23.7 Å². The average Bonchev–Trinajstić information content (AvgIpc) is 2.69. The van der Waals surface area contributed by atoms with Gasteiger partial charge in [-0.1, -0.05) is 17.7 Å². The first kappa shape index (κ1) is 12.9. The van der Waals surface area contributed by atoms with Crippen LogP contribution in [0.25, 0.3) is 0 Å². The largest absolute Gasteiger partial charge is 0.490 e. The van der Waals surface area contributed by atoms with Crippen molar-refractivity contribution in [2.24, 2.45) is 11.1 Å². The van der Waals surface area contributed by atoms with Crippen molar-refractivity contribution in [3.8, 4) is 5.75 Å². The molecule has 2 unspecified atom stereocenters. The smallest absolute Gasteiger partial charge is 0.310 e. The quantitative estimate of drug-likeness (QED) is 0.852. The lowest BCUT2D eigenvalue weighted by molar-refractivity contribution is -0.148. The number of carboxylic acid groups (broad SMARTS) is 1. The first-order valence-electron chi connectivity index (χ1n) is 6.14. The molecule has 2 atom stereocenters. The number of fused-ring (bicyclic) bond motifs is 1. The first-order valence-corrected chi connectivity index (χ1v) is 6.14. The van der Waals surface area contributed by atoms with Crippen molar-refractivity contribution in [3.05, 3.63) is 29.3 Å². The van der Waals surface area contributed by atoms with E-state index in [1.165, 1.54) is 5.56 Å². The van der Waals surface area contributed by atoms with Crippen LogP contribution in [0.5, 0.6) is 5.75 Å². The monoisotopic (exact) mass is 249 g/mol. The molecule has 2 rings (SSSR count). The van der Waals surface area contributed by atoms with Crippen LogP contribution < -0.4 is 10.5 Å². The van der Waals surface area contributed by atoms with E-state index in [1.807, 2.05) is 19.1 Å². The summed E-state index contributed by atoms with van der Waals surface area (Å²) in [5.74, 6) is 0.0103. The molecule has 18 heavy (non-hydrogen) atoms. The number of benzene rings is 1. The van der Waals surface area contributed by atoms with E-state index in [2.05, 4.69) is 6.07 Å². The number of nitrogens with two attached hydrogens (primary N) is 1. The molecule has 0 bridgehead atoms. The lowest BCUT2D eigenvalue weighted by Crippen LogP contribution is -2.39. The fraction of sp³-hybridized carbons (Fsp3) is 0.500. The highest BCUT2D eigenvalue weighted by molar-refractivity contribution is 5.74. The summed E-state index contributed by atoms with van der Waals surface area (Å²) in [6.45, 7) is 3.83. The molecular weight excluding hydrogens is 230 g/mol. The Morgan fingerprint density at radius 1 is 1.61 bits per heavy atom. The van der Waals surface area contributed by atoms with Crippen LogP contribution in [0.3, 0.4) is 0 Å². The van der Waals surface area contributed by atoms with E-state index < -0.39 is 11.4 Å². The van der Waals surface area contributed by atoms with Gasteiger partial charge in [0, 0.05) is 19.4 Å². The van der Waals surface area contributed by atoms with E-state index in [9.17, 15) is 9.90 Å². The Hall–Kier alpha value is -1.55. The molecule has 0 radical (unpaired) electrons. The molecule has 1 aliphatic rings. The number of hydrogen-bond donors (Lipinski definition) is 2. The van der Waals surface area contributed by atoms with Gasteiger partial charge in [-0.2, -0.15) is 0 Å². The van der Waals surface area contributed by atoms with Gasteiger partial charge in [0.05, 0.1) is 5.41 Å². The number of hydrogen-bond acceptors (Lipinski definition) is 3. The molecule has 0 amide bonds. The van der Waals surface area contributed by atoms with E-state index in [0.717, 1.165) is 17.7 Å². The third-order valence-electron chi connectivity index (χ3n) is 3.60. The molecule has 4 heteroatoms. The number of carboxylic acids is 1. The Bertz CT molecular complexity index is 472. The predicted molar refractivity (Wildman–Crippen MR) is 68.7 cm³/mol. The Balaban J connectivity index is 2.10. The highest BCUT2D eigenvalue weighted by Gasteiger charge is 2.37. The number of aryl methyl sites for hydroxylation is 1. The summed E-state index contributed by atoms with van der Waals surface area (Å²) in [6.07, 6.45) is 1.11. The Morgan fingerprint density at radius 3 is 2.94 bits per heavy atom. The second kappa shape index (κ2) is 4.61. The molecule has 3 N–H and O–H groups in total. The minimum absolute atomic E-state index is 0.0913. The van der Waals surface area contributed by atoms with Crippen molar-refractivity contribution in [2.75, 3.05) is 6.54 Å². The van der Waals surface area contributed by atoms with Crippen LogP contribution in [-0.2, 0) is 11.2 Å². The third-order valence-corrected chi connectivity index (χ3v) is 3.60. The molecular formula is C14H19NO3. The van der Waals surface area contributed by atoms with Gasteiger partial charge in [0.1, 0.15) is 11.9 Å². The Kier molecular flexibility index (Phi) is 3.30. The number of rotatable bonds is 4. The van der Waals surface area contributed by atoms with Crippen LogP contribution in [0, 0.1) is 12.3 Å². The normalized spacial score (nSPS) is 20.9. The second-order valence-corrected chi connectivity index (χ2v) is 5.33. The van der Waals surface area contributed by atoms with Gasteiger partial charge < -0.3 is 15.6 Å². The maximum absolute atomic E-state index is 11.2. The van der Waals surface area contributed by atoms with Gasteiger partial charge in [0.25, 0.3) is 0 Å². The number of ether oxygens (including phenoxy) is 1. The molecule has 1 aromatic carbocycles. The van der Waals surface area contributed by atoms with Crippen molar-refractivity contribution in [1.29, 1.82) is 0 Å². The zero-order valence-electron chi connectivity index (χ0n) is 10.8. The summed E-state index contributed by atoms with van der Waals surface area (Å²) in [7, 11) is 0. The minimum atomic E-state index is -0.915. The van der Waals surface area contributed by atoms with Crippen LogP contribution in [0.2, 0.25) is 0 Å². The Morgan fingerprint density at radius 2 is 2.33 bits per heavy atom. The van der Waals surface area contributed by atoms with Gasteiger partial charge in [0.2, 0.25) is 0 Å². The topological polar surface area (TPSA) is 72.6 Å². The molecule has 0 aromatic heterocycles. The molecule has 4 nitrogen and oxygen atoms in total. The molecule has 0 aliphatic carbocycles. The second-order valence-electron chi connectivity index (χ2n) is 5.33. The average molecular weight is 249 g/mol. The van der Waals surface area contributed by atoms with Gasteiger partial charge in [-0.3, -0.25) is 4.79 Å². The SMILES string of the molecule is Cc1ccc2c(c1)CC(CC(C)(CN)C(=O)O)O2. The molecule has 0 spiro atoms. The van der Waals surface area contributed by atoms with Gasteiger partial charge in [-0.05, 0) is 25.5 Å². The lowest BCUT2D eigenvalue weighted by Gasteiger charge is -2.25. The predicted octanol–water partition coefficient (Wildman–Crippen LogP) is 1.74. The lowest BCUT2D eigenvalue weighted by atomic mass is 9.83. The van der Waals surface area contributed by atoms with Crippen molar-refractivity contribution in [2.45, 2.75) is 32.8 Å². The highest BCUT2D eigenvalue weighted by atomic mass is 16.5. The highest BCUT2D eigenvalue weighted by Crippen LogP contribution is 2.34. The summed E-state index contributed by atoms with van der Waals surface area (Å²) in [4.78, 5) is 11.2. The zero-order chi connectivity index (χ0) is 13.3. The molecule has 0 saturated heterocycles. The molecule has 0 saturated carbocycles. The van der Waals surface area contributed by atoms with Gasteiger partial charge in [-0.15, -0.1) is 0 Å². The summed E-state index contributed by atoms with van der Waals surface area (Å²) < 4.78 is 5.79. The molecule has 0 fully saturated rings. The number of aliphatic carboxylic acids is 1. The van der Waals surface area contributed by atoms with Crippen molar-refractivity contribution >= 4 is 5.97 Å². The first-order chi connectivity index (χ1) is 8.44. The fourth-order valence-electron chi connectivity index (χ4n) is 2.32. The van der Waals surface area contributed by atoms with Crippen LogP contribution in [0.15, 0.2) is 18.2 Å². The van der Waals surface area contributed by atoms with Crippen LogP contribution in [0.1, 0.15) is 24.5 Å². The molecule has 1 aromatic rings. The molecule has 1 aliphatic heterocycles. The fourth-order valence-corrected chi connectivity index (χ4v) is 2.32. The zero-order valence-corrected chi connectivity index (χ0v) is 10.8. The van der Waals surface area contributed by atoms with Gasteiger partial charge in [0.15, 0.2) is 0 Å². The van der Waals surface area contributed by atoms with Gasteiger partial charge in [-0.25, -0.2) is 0 Å². The molecule has 1 heterocycles. The maximum Gasteiger partial charge on any atom is 0.310 e. The van der Waals surface area contributed by atoms with E-state index in [4.69, 9.17) is 10.5 Å². The standard InChI is InChI=1S/C14H19NO3/c1-9-3-4-12-10(5-9)6-11(18-12)7-14(2,8-15)13(16)17/h3-5,11H,6-8,15H2,1-2H3,(H,16,17). The van der Waals surface area contributed by atoms with E-state index in [-0.39, 0.29) is 12.6 Å².